The summed E-state index contributed by atoms with van der Waals surface area (Å²) in [5.74, 6) is -1.24. The normalized spacial score (nSPS) is 15.1. The maximum Gasteiger partial charge on any atom is 0.328 e. The lowest BCUT2D eigenvalue weighted by atomic mass is 10.1. The average molecular weight is 471 g/mol. The van der Waals surface area contributed by atoms with E-state index in [-0.39, 0.29) is 10.7 Å². The number of anilines is 1. The molecule has 0 spiro atoms. The molecule has 1 amide bonds. The second kappa shape index (κ2) is 8.89. The molecule has 1 aliphatic rings. The maximum absolute atomic E-state index is 12.1. The van der Waals surface area contributed by atoms with Crippen LogP contribution in [-0.2, 0) is 24.3 Å². The van der Waals surface area contributed by atoms with E-state index in [1.165, 1.54) is 17.4 Å². The number of hydrogen-bond donors (Lipinski definition) is 2. The molecule has 32 heavy (non-hydrogen) atoms. The van der Waals surface area contributed by atoms with Crippen molar-refractivity contribution in [3.05, 3.63) is 65.0 Å². The van der Waals surface area contributed by atoms with Crippen molar-refractivity contribution >= 4 is 44.2 Å². The number of nitrogens with one attached hydrogen (secondary N) is 2. The molecule has 9 nitrogen and oxygen atoms in total. The number of sulfonamides is 1. The number of amides is 1. The van der Waals surface area contributed by atoms with Crippen LogP contribution in [0.25, 0.3) is 11.3 Å². The molecule has 0 radical (unpaired) electrons. The van der Waals surface area contributed by atoms with E-state index in [1.54, 1.807) is 18.2 Å². The largest absolute Gasteiger partial charge is 0.454 e. The van der Waals surface area contributed by atoms with Crippen molar-refractivity contribution in [1.82, 2.24) is 9.71 Å². The Hall–Kier alpha value is -3.57. The number of aryl methyl sites for hydroxylation is 1. The molecule has 11 heteroatoms. The van der Waals surface area contributed by atoms with Crippen LogP contribution in [0, 0.1) is 6.92 Å². The average Bonchev–Trinajstić information content (AvgIpc) is 3.33. The third-order valence-electron chi connectivity index (χ3n) is 4.49. The van der Waals surface area contributed by atoms with Gasteiger partial charge in [0.2, 0.25) is 0 Å². The monoisotopic (exact) mass is 470 g/mol. The van der Waals surface area contributed by atoms with Crippen LogP contribution in [0.4, 0.5) is 5.13 Å². The molecule has 1 aliphatic heterocycles. The smallest absolute Gasteiger partial charge is 0.328 e. The molecule has 0 saturated carbocycles. The molecule has 4 rings (SSSR count). The first kappa shape index (κ1) is 21.7. The minimum atomic E-state index is -3.69. The predicted molar refractivity (Wildman–Crippen MR) is 120 cm³/mol. The molecule has 1 aromatic heterocycles. The number of amidine groups is 1. The van der Waals surface area contributed by atoms with Gasteiger partial charge in [0.1, 0.15) is 12.4 Å². The van der Waals surface area contributed by atoms with Crippen molar-refractivity contribution in [2.75, 3.05) is 18.5 Å². The summed E-state index contributed by atoms with van der Waals surface area (Å²) >= 11 is 1.26. The summed E-state index contributed by atoms with van der Waals surface area (Å²) in [6.07, 6.45) is 0. The van der Waals surface area contributed by atoms with Gasteiger partial charge in [-0.1, -0.05) is 42.0 Å². The first-order chi connectivity index (χ1) is 15.3. The predicted octanol–water partition coefficient (Wildman–Crippen LogP) is 2.34. The number of nitrogens with zero attached hydrogens (tertiary/aromatic N) is 2. The van der Waals surface area contributed by atoms with E-state index in [0.29, 0.717) is 10.7 Å². The Balaban J connectivity index is 1.29. The number of hydrogen-bond acceptors (Lipinski definition) is 8. The topological polar surface area (TPSA) is 127 Å². The number of thiazole rings is 1. The number of aliphatic imine (C=N–C) groups is 1. The molecule has 2 heterocycles. The van der Waals surface area contributed by atoms with Crippen LogP contribution >= 0.6 is 11.3 Å². The number of benzene rings is 2. The van der Waals surface area contributed by atoms with Gasteiger partial charge in [-0.05, 0) is 19.1 Å². The lowest BCUT2D eigenvalue weighted by Crippen LogP contribution is -2.25. The lowest BCUT2D eigenvalue weighted by molar-refractivity contribution is -0.145. The fourth-order valence-corrected chi connectivity index (χ4v) is 4.92. The molecular formula is C21H18N4O5S2. The van der Waals surface area contributed by atoms with Crippen molar-refractivity contribution in [1.29, 1.82) is 0 Å². The molecule has 2 aromatic carbocycles. The molecular weight excluding hydrogens is 452 g/mol. The highest BCUT2D eigenvalue weighted by molar-refractivity contribution is 7.90. The Morgan fingerprint density at radius 1 is 1.16 bits per heavy atom. The zero-order valence-corrected chi connectivity index (χ0v) is 18.5. The van der Waals surface area contributed by atoms with Crippen LogP contribution in [0.3, 0.4) is 0 Å². The van der Waals surface area contributed by atoms with E-state index in [9.17, 15) is 18.0 Å². The lowest BCUT2D eigenvalue weighted by Gasteiger charge is -2.04. The van der Waals surface area contributed by atoms with Gasteiger partial charge < -0.3 is 4.74 Å². The summed E-state index contributed by atoms with van der Waals surface area (Å²) in [6, 6.07) is 14.2. The fourth-order valence-electron chi connectivity index (χ4n) is 2.93. The third kappa shape index (κ3) is 4.84. The minimum Gasteiger partial charge on any atom is -0.454 e. The van der Waals surface area contributed by atoms with E-state index in [2.05, 4.69) is 20.0 Å². The Morgan fingerprint density at radius 3 is 2.69 bits per heavy atom. The van der Waals surface area contributed by atoms with Crippen molar-refractivity contribution in [3.8, 4) is 11.3 Å². The number of ether oxygens (including phenoxy) is 1. The summed E-state index contributed by atoms with van der Waals surface area (Å²) in [6.45, 7) is 1.05. The molecule has 2 N–H and O–H groups in total. The molecule has 0 saturated heterocycles. The van der Waals surface area contributed by atoms with E-state index in [4.69, 9.17) is 4.74 Å². The number of aromatic nitrogens is 1. The third-order valence-corrected chi connectivity index (χ3v) is 6.65. The van der Waals surface area contributed by atoms with Gasteiger partial charge in [0, 0.05) is 16.5 Å². The van der Waals surface area contributed by atoms with Crippen molar-refractivity contribution < 1.29 is 22.7 Å². The van der Waals surface area contributed by atoms with E-state index < -0.39 is 35.1 Å². The van der Waals surface area contributed by atoms with Gasteiger partial charge in [0.15, 0.2) is 11.7 Å². The van der Waals surface area contributed by atoms with Crippen molar-refractivity contribution in [2.45, 2.75) is 11.8 Å². The van der Waals surface area contributed by atoms with Gasteiger partial charge in [0.05, 0.1) is 10.6 Å². The number of carbonyl (C=O) groups is 2. The number of fused-ring (bicyclic) bond motifs is 1. The molecule has 164 valence electrons. The summed E-state index contributed by atoms with van der Waals surface area (Å²) in [7, 11) is -3.69. The summed E-state index contributed by atoms with van der Waals surface area (Å²) in [4.78, 5) is 32.4. The highest BCUT2D eigenvalue weighted by Crippen LogP contribution is 2.25. The van der Waals surface area contributed by atoms with Gasteiger partial charge in [0.25, 0.3) is 15.9 Å². The van der Waals surface area contributed by atoms with Crippen LogP contribution in [-0.4, -0.2) is 44.3 Å². The molecule has 0 fully saturated rings. The van der Waals surface area contributed by atoms with Gasteiger partial charge in [-0.25, -0.2) is 13.4 Å². The summed E-state index contributed by atoms with van der Waals surface area (Å²) in [5, 5.41) is 4.79. The zero-order valence-electron chi connectivity index (χ0n) is 16.9. The Bertz CT molecular complexity index is 1310. The van der Waals surface area contributed by atoms with Crippen molar-refractivity contribution in [2.24, 2.45) is 4.99 Å². The number of carbonyl (C=O) groups excluding carboxylic acids is 2. The van der Waals surface area contributed by atoms with Gasteiger partial charge >= 0.3 is 5.97 Å². The van der Waals surface area contributed by atoms with Gasteiger partial charge in [-0.2, -0.15) is 0 Å². The van der Waals surface area contributed by atoms with E-state index in [1.807, 2.05) is 36.6 Å². The zero-order chi connectivity index (χ0) is 22.7. The summed E-state index contributed by atoms with van der Waals surface area (Å²) in [5.41, 5.74) is 3.18. The van der Waals surface area contributed by atoms with Crippen LogP contribution in [0.1, 0.15) is 11.1 Å². The first-order valence-electron chi connectivity index (χ1n) is 9.46. The SMILES string of the molecule is Cc1ccc(-c2csc(NC(=O)COC(=O)CN=C3NS(=O)(=O)c4ccccc43)n2)cc1. The number of esters is 1. The minimum absolute atomic E-state index is 0.0634. The Kier molecular flexibility index (Phi) is 6.01. The maximum atomic E-state index is 12.1. The Labute approximate surface area is 188 Å². The Morgan fingerprint density at radius 2 is 1.91 bits per heavy atom. The standard InChI is InChI=1S/C21H18N4O5S2/c1-13-6-8-14(9-7-13)16-12-31-21(23-16)24-18(26)11-30-19(27)10-22-20-15-4-2-3-5-17(15)32(28,29)25-20/h2-9,12H,10-11H2,1H3,(H,22,25)(H,23,24,26). The quantitative estimate of drug-likeness (QED) is 0.533. The van der Waals surface area contributed by atoms with Gasteiger partial charge in [-0.3, -0.25) is 24.6 Å². The van der Waals surface area contributed by atoms with Crippen LogP contribution in [0.15, 0.2) is 63.8 Å². The first-order valence-corrected chi connectivity index (χ1v) is 11.8. The second-order valence-electron chi connectivity index (χ2n) is 6.88. The highest BCUT2D eigenvalue weighted by atomic mass is 32.2. The van der Waals surface area contributed by atoms with E-state index >= 15 is 0 Å². The fraction of sp³-hybridized carbons (Fsp3) is 0.143. The molecule has 0 unspecified atom stereocenters. The highest BCUT2D eigenvalue weighted by Gasteiger charge is 2.30. The molecule has 0 aliphatic carbocycles. The second-order valence-corrected chi connectivity index (χ2v) is 9.39. The van der Waals surface area contributed by atoms with Crippen LogP contribution in [0.2, 0.25) is 0 Å². The van der Waals surface area contributed by atoms with Crippen LogP contribution in [0.5, 0.6) is 0 Å². The molecule has 0 atom stereocenters. The summed E-state index contributed by atoms with van der Waals surface area (Å²) < 4.78 is 31.3. The molecule has 0 bridgehead atoms. The van der Waals surface area contributed by atoms with E-state index in [0.717, 1.165) is 16.8 Å². The van der Waals surface area contributed by atoms with Crippen LogP contribution < -0.4 is 10.0 Å². The van der Waals surface area contributed by atoms with Crippen molar-refractivity contribution in [3.63, 3.8) is 0 Å². The molecule has 3 aromatic rings. The van der Waals surface area contributed by atoms with Gasteiger partial charge in [-0.15, -0.1) is 11.3 Å². The number of rotatable bonds is 6.